The number of nitrogen functional groups attached to an aromatic ring is 1. The molecule has 1 aliphatic rings. The first kappa shape index (κ1) is 24.7. The first-order chi connectivity index (χ1) is 17.8. The highest BCUT2D eigenvalue weighted by atomic mass is 16.5. The van der Waals surface area contributed by atoms with Gasteiger partial charge in [-0.25, -0.2) is 14.3 Å². The molecule has 0 bridgehead atoms. The number of hydrogen-bond acceptors (Lipinski definition) is 6. The van der Waals surface area contributed by atoms with Crippen LogP contribution in [-0.2, 0) is 16.7 Å². The molecule has 0 radical (unpaired) electrons. The second-order valence-corrected chi connectivity index (χ2v) is 10.3. The van der Waals surface area contributed by atoms with E-state index in [1.165, 1.54) is 6.33 Å². The number of urea groups is 1. The summed E-state index contributed by atoms with van der Waals surface area (Å²) >= 11 is 0. The Morgan fingerprint density at radius 2 is 1.78 bits per heavy atom. The number of aromatic nitrogens is 3. The fraction of sp³-hybridized carbons (Fsp3) is 0.321. The number of amides is 2. The first-order valence-corrected chi connectivity index (χ1v) is 12.5. The summed E-state index contributed by atoms with van der Waals surface area (Å²) in [5.41, 5.74) is 12.5. The minimum atomic E-state index is -0.288. The van der Waals surface area contributed by atoms with Crippen LogP contribution in [0.5, 0.6) is 0 Å². The summed E-state index contributed by atoms with van der Waals surface area (Å²) < 4.78 is 7.36. The molecule has 0 unspecified atom stereocenters. The predicted molar refractivity (Wildman–Crippen MR) is 147 cm³/mol. The number of carbonyl (C=O) groups excluding carboxylic acids is 1. The van der Waals surface area contributed by atoms with Crippen LogP contribution in [0.4, 0.5) is 22.0 Å². The summed E-state index contributed by atoms with van der Waals surface area (Å²) in [6.07, 6.45) is 1.48. The number of nitrogens with two attached hydrogens (primary N) is 1. The van der Waals surface area contributed by atoms with Crippen molar-refractivity contribution in [3.05, 3.63) is 72.2 Å². The van der Waals surface area contributed by atoms with Crippen LogP contribution in [0.25, 0.3) is 16.6 Å². The van der Waals surface area contributed by atoms with Crippen molar-refractivity contribution in [1.29, 1.82) is 0 Å². The summed E-state index contributed by atoms with van der Waals surface area (Å²) in [4.78, 5) is 19.3. The van der Waals surface area contributed by atoms with Crippen molar-refractivity contribution in [3.8, 4) is 11.1 Å². The van der Waals surface area contributed by atoms with Crippen molar-refractivity contribution < 1.29 is 9.53 Å². The van der Waals surface area contributed by atoms with Gasteiger partial charge in [0.15, 0.2) is 5.82 Å². The van der Waals surface area contributed by atoms with Crippen molar-refractivity contribution in [1.82, 2.24) is 19.5 Å². The maximum absolute atomic E-state index is 12.8. The lowest BCUT2D eigenvalue weighted by atomic mass is 9.86. The molecule has 1 fully saturated rings. The van der Waals surface area contributed by atoms with E-state index in [9.17, 15) is 4.79 Å². The molecule has 2 amide bonds. The highest BCUT2D eigenvalue weighted by Gasteiger charge is 2.20. The number of fused-ring (bicyclic) bond motifs is 1. The molecule has 0 saturated carbocycles. The molecule has 1 aliphatic heterocycles. The van der Waals surface area contributed by atoms with E-state index in [-0.39, 0.29) is 11.4 Å². The predicted octanol–water partition coefficient (Wildman–Crippen LogP) is 4.75. The molecule has 4 aromatic rings. The molecule has 4 N–H and O–H groups in total. The number of benzene rings is 2. The number of nitrogens with zero attached hydrogens (tertiary/aromatic N) is 4. The van der Waals surface area contributed by atoms with E-state index in [2.05, 4.69) is 52.5 Å². The third-order valence-electron chi connectivity index (χ3n) is 6.58. The molecule has 0 spiro atoms. The normalized spacial score (nSPS) is 14.6. The Bertz CT molecular complexity index is 1400. The average Bonchev–Trinajstić information content (AvgIpc) is 3.24. The molecular formula is C28H33N7O2. The number of nitrogens with one attached hydrogen (secondary N) is 2. The van der Waals surface area contributed by atoms with Gasteiger partial charge in [0, 0.05) is 36.6 Å². The number of ether oxygens (including phenoxy) is 1. The Kier molecular flexibility index (Phi) is 6.82. The lowest BCUT2D eigenvalue weighted by Crippen LogP contribution is -2.36. The van der Waals surface area contributed by atoms with Crippen molar-refractivity contribution >= 4 is 28.7 Å². The van der Waals surface area contributed by atoms with E-state index >= 15 is 0 Å². The summed E-state index contributed by atoms with van der Waals surface area (Å²) in [6.45, 7) is 10.3. The van der Waals surface area contributed by atoms with Crippen molar-refractivity contribution in [3.63, 3.8) is 0 Å². The zero-order valence-electron chi connectivity index (χ0n) is 21.5. The van der Waals surface area contributed by atoms with Crippen LogP contribution in [0.3, 0.4) is 0 Å². The Labute approximate surface area is 216 Å². The molecule has 9 heteroatoms. The second-order valence-electron chi connectivity index (χ2n) is 10.3. The van der Waals surface area contributed by atoms with Gasteiger partial charge >= 0.3 is 6.03 Å². The van der Waals surface area contributed by atoms with E-state index in [0.717, 1.165) is 66.4 Å². The van der Waals surface area contributed by atoms with Crippen LogP contribution in [0.15, 0.2) is 60.9 Å². The fourth-order valence-corrected chi connectivity index (χ4v) is 4.72. The van der Waals surface area contributed by atoms with Gasteiger partial charge < -0.3 is 21.1 Å². The smallest absolute Gasteiger partial charge is 0.323 e. The molecule has 192 valence electrons. The van der Waals surface area contributed by atoms with Gasteiger partial charge in [-0.2, -0.15) is 5.10 Å². The fourth-order valence-electron chi connectivity index (χ4n) is 4.72. The zero-order chi connectivity index (χ0) is 26.0. The first-order valence-electron chi connectivity index (χ1n) is 12.5. The summed E-state index contributed by atoms with van der Waals surface area (Å²) in [5, 5.41) is 10.4. The molecule has 2 aromatic heterocycles. The topological polar surface area (TPSA) is 110 Å². The van der Waals surface area contributed by atoms with Crippen LogP contribution in [0.1, 0.15) is 32.0 Å². The van der Waals surface area contributed by atoms with Crippen LogP contribution >= 0.6 is 0 Å². The van der Waals surface area contributed by atoms with Gasteiger partial charge in [-0.05, 0) is 40.8 Å². The lowest BCUT2D eigenvalue weighted by Gasteiger charge is -2.26. The summed E-state index contributed by atoms with van der Waals surface area (Å²) in [7, 11) is 0. The van der Waals surface area contributed by atoms with Gasteiger partial charge in [-0.15, -0.1) is 0 Å². The summed E-state index contributed by atoms with van der Waals surface area (Å²) in [6, 6.07) is 17.4. The lowest BCUT2D eigenvalue weighted by molar-refractivity contribution is 0.0334. The monoisotopic (exact) mass is 499 g/mol. The number of morpholine rings is 1. The van der Waals surface area contributed by atoms with Gasteiger partial charge in [0.2, 0.25) is 0 Å². The maximum atomic E-state index is 12.8. The minimum absolute atomic E-state index is 0.0853. The van der Waals surface area contributed by atoms with Crippen LogP contribution in [-0.4, -0.2) is 51.8 Å². The third-order valence-corrected chi connectivity index (χ3v) is 6.58. The molecule has 2 aromatic carbocycles. The van der Waals surface area contributed by atoms with Crippen molar-refractivity contribution in [2.45, 2.75) is 32.7 Å². The Morgan fingerprint density at radius 1 is 1.05 bits per heavy atom. The Morgan fingerprint density at radius 3 is 2.51 bits per heavy atom. The zero-order valence-corrected chi connectivity index (χ0v) is 21.5. The molecule has 1 saturated heterocycles. The van der Waals surface area contributed by atoms with Crippen molar-refractivity contribution in [2.24, 2.45) is 0 Å². The average molecular weight is 500 g/mol. The van der Waals surface area contributed by atoms with E-state index in [1.54, 1.807) is 0 Å². The van der Waals surface area contributed by atoms with Gasteiger partial charge in [0.05, 0.1) is 18.9 Å². The third kappa shape index (κ3) is 5.42. The Balaban J connectivity index is 1.35. The van der Waals surface area contributed by atoms with E-state index in [4.69, 9.17) is 10.5 Å². The molecule has 3 heterocycles. The number of anilines is 3. The van der Waals surface area contributed by atoms with E-state index < -0.39 is 0 Å². The van der Waals surface area contributed by atoms with Gasteiger partial charge in [-0.1, -0.05) is 51.1 Å². The van der Waals surface area contributed by atoms with Gasteiger partial charge in [0.1, 0.15) is 11.8 Å². The van der Waals surface area contributed by atoms with Crippen LogP contribution in [0, 0.1) is 0 Å². The van der Waals surface area contributed by atoms with Crippen LogP contribution in [0.2, 0.25) is 0 Å². The molecule has 0 atom stereocenters. The molecular weight excluding hydrogens is 466 g/mol. The highest BCUT2D eigenvalue weighted by molar-refractivity contribution is 6.00. The highest BCUT2D eigenvalue weighted by Crippen LogP contribution is 2.32. The SMILES string of the molecule is CC(C)(C)c1ccccc1NC(=O)Nc1ccc(-c2cc(CN3CCOCC3)n3ncnc(N)c23)cc1. The molecule has 37 heavy (non-hydrogen) atoms. The van der Waals surface area contributed by atoms with E-state index in [1.807, 2.05) is 53.0 Å². The van der Waals surface area contributed by atoms with Gasteiger partial charge in [0.25, 0.3) is 0 Å². The largest absolute Gasteiger partial charge is 0.382 e. The number of carbonyl (C=O) groups is 1. The second kappa shape index (κ2) is 10.2. The number of rotatable bonds is 5. The number of hydrogen-bond donors (Lipinski definition) is 3. The maximum Gasteiger partial charge on any atom is 0.323 e. The van der Waals surface area contributed by atoms with Crippen molar-refractivity contribution in [2.75, 3.05) is 42.7 Å². The summed E-state index contributed by atoms with van der Waals surface area (Å²) in [5.74, 6) is 0.428. The standard InChI is InChI=1S/C28H33N7O2/c1-28(2,3)23-6-4-5-7-24(23)33-27(36)32-20-10-8-19(9-11-20)22-16-21(17-34-12-14-37-15-13-34)35-25(22)26(29)30-18-31-35/h4-11,16,18H,12-15,17H2,1-3H3,(H2,29,30,31)(H2,32,33,36). The molecule has 9 nitrogen and oxygen atoms in total. The van der Waals surface area contributed by atoms with Crippen LogP contribution < -0.4 is 16.4 Å². The quantitative estimate of drug-likeness (QED) is 0.366. The van der Waals surface area contributed by atoms with Gasteiger partial charge in [-0.3, -0.25) is 4.90 Å². The minimum Gasteiger partial charge on any atom is -0.382 e. The molecule has 5 rings (SSSR count). The Hall–Kier alpha value is -3.95. The number of para-hydroxylation sites is 1. The van der Waals surface area contributed by atoms with E-state index in [0.29, 0.717) is 11.5 Å². The molecule has 0 aliphatic carbocycles.